The third kappa shape index (κ3) is 42.3. The summed E-state index contributed by atoms with van der Waals surface area (Å²) in [7, 11) is 0. The smallest absolute Gasteiger partial charge is 0.230 e. The predicted octanol–water partition coefficient (Wildman–Crippen LogP) is 34.9. The Bertz CT molecular complexity index is 4890. The maximum atomic E-state index is 10.4. The number of fused-ring (bicyclic) bond motifs is 3. The molecule has 0 aliphatic heterocycles. The predicted molar refractivity (Wildman–Crippen MR) is 534 cm³/mol. The van der Waals surface area contributed by atoms with E-state index in [1.54, 1.807) is 60.3 Å². The van der Waals surface area contributed by atoms with Gasteiger partial charge in [-0.25, -0.2) is 15.0 Å². The fraction of sp³-hybridized carbons (Fsp3) is 0.345. The molecule has 0 unspecified atom stereocenters. The molecule has 0 aliphatic carbocycles. The molecule has 6 aromatic heterocycles. The number of aromatic hydroxyl groups is 3. The number of phenols is 3. The number of imidazole rings is 1. The van der Waals surface area contributed by atoms with E-state index in [0.29, 0.717) is 17.0 Å². The van der Waals surface area contributed by atoms with Gasteiger partial charge in [0.25, 0.3) is 0 Å². The Hall–Kier alpha value is -9.28. The molecule has 0 saturated heterocycles. The van der Waals surface area contributed by atoms with E-state index in [4.69, 9.17) is 14.4 Å². The molecule has 9 aromatic carbocycles. The summed E-state index contributed by atoms with van der Waals surface area (Å²) in [6, 6.07) is 85.9. The van der Waals surface area contributed by atoms with Gasteiger partial charge in [-0.05, 0) is 79.7 Å². The van der Waals surface area contributed by atoms with Gasteiger partial charge in [0.2, 0.25) is 5.89 Å². The molecule has 11 nitrogen and oxygen atoms in total. The summed E-state index contributed by atoms with van der Waals surface area (Å²) in [5, 5.41) is 31.5. The molecule has 0 fully saturated rings. The zero-order valence-corrected chi connectivity index (χ0v) is 87.3. The van der Waals surface area contributed by atoms with E-state index in [1.165, 1.54) is 77.0 Å². The van der Waals surface area contributed by atoms with Crippen LogP contribution in [0.25, 0.3) is 133 Å². The van der Waals surface area contributed by atoms with Crippen molar-refractivity contribution in [2.24, 2.45) is 0 Å². The van der Waals surface area contributed by atoms with Gasteiger partial charge in [-0.2, -0.15) is 0 Å². The first-order valence-electron chi connectivity index (χ1n) is 44.8. The average molecular weight is 2250 g/mol. The number of para-hydroxylation sites is 6. The molecule has 684 valence electrons. The molecule has 6 heterocycles. The number of thiazole rings is 1. The first-order valence-corrected chi connectivity index (χ1v) is 45.6. The number of benzene rings is 9. The van der Waals surface area contributed by atoms with Gasteiger partial charge in [0.1, 0.15) is 33.7 Å². The molecule has 0 aliphatic rings. The summed E-state index contributed by atoms with van der Waals surface area (Å²) in [6.45, 7) is 53.8. The SMILES string of the molecule is CCC.CCC.CCC.CCC.CCC.CCC.CCC.CCC.CCC.CCC.CCC.CCC.CCn1c(-c2ccccc2O)nc2c(-c3[c-]c(-c4ccccn4)ccc3)cccc21.Oc1ccccc1-c1nc2c(-c3[c-]c(-c4ccccn4)ccc3)cccc2o1.Oc1ccccc1-c1nc2c(-c3[c-]c(-c4ccccn4)ccc3)cccc2s1.[Pt].[Pt].[Pt]. The van der Waals surface area contributed by atoms with E-state index in [9.17, 15) is 15.3 Å². The summed E-state index contributed by atoms with van der Waals surface area (Å²) < 4.78 is 9.13. The van der Waals surface area contributed by atoms with Crippen LogP contribution in [0, 0.1) is 18.2 Å². The van der Waals surface area contributed by atoms with Crippen LogP contribution in [0.2, 0.25) is 0 Å². The molecule has 0 spiro atoms. The van der Waals surface area contributed by atoms with E-state index in [-0.39, 0.29) is 80.4 Å². The summed E-state index contributed by atoms with van der Waals surface area (Å²) in [5.74, 6) is 1.76. The summed E-state index contributed by atoms with van der Waals surface area (Å²) in [4.78, 5) is 27.7. The van der Waals surface area contributed by atoms with Crippen LogP contribution < -0.4 is 0 Å². The summed E-state index contributed by atoms with van der Waals surface area (Å²) in [6.07, 6.45) is 20.3. The van der Waals surface area contributed by atoms with E-state index in [2.05, 4.69) is 240 Å². The first-order chi connectivity index (χ1) is 59.3. The fourth-order valence-corrected chi connectivity index (χ4v) is 11.3. The molecule has 125 heavy (non-hydrogen) atoms. The van der Waals surface area contributed by atoms with Crippen molar-refractivity contribution in [3.63, 3.8) is 0 Å². The second-order valence-electron chi connectivity index (χ2n) is 28.3. The molecule has 0 amide bonds. The number of pyridine rings is 3. The molecule has 3 N–H and O–H groups in total. The standard InChI is InChI=1S/C26H20N3O.C24H15N2O2.C24H15N2OS.12C3H8.3Pt/c1-2-29-23-14-8-12-20(25(23)28-26(29)21-11-3-4-15-24(21)30)18-9-7-10-19(17-18)22-13-5-6-16-27-22;2*27-21-12-2-1-9-19(21)24-26-23-18(10-6-13-22(23)28-24)16-7-5-8-17(15-16)20-11-3-4-14-25-20;12*1-3-2;;;/h3-16,30H,2H2,1H3;2*1-14,27H;12*3H2,1-2H3;;;/q3*-1;;;;;;;;;;;;;;;. The zero-order chi connectivity index (χ0) is 90.8. The maximum Gasteiger partial charge on any atom is 0.230 e. The van der Waals surface area contributed by atoms with Gasteiger partial charge in [-0.3, -0.25) is 15.0 Å². The molecule has 15 heteroatoms. The Morgan fingerprint density at radius 1 is 0.280 bits per heavy atom. The number of hydrogen-bond donors (Lipinski definition) is 3. The van der Waals surface area contributed by atoms with Crippen molar-refractivity contribution in [1.82, 2.24) is 34.5 Å². The first kappa shape index (κ1) is 120. The number of aromatic nitrogens is 7. The largest absolute Gasteiger partial charge is 0.507 e. The van der Waals surface area contributed by atoms with Crippen molar-refractivity contribution in [3.05, 3.63) is 273 Å². The van der Waals surface area contributed by atoms with Crippen molar-refractivity contribution in [2.45, 2.75) is 257 Å². The Morgan fingerprint density at radius 3 is 0.928 bits per heavy atom. The second kappa shape index (κ2) is 74.9. The molecule has 15 aromatic rings. The van der Waals surface area contributed by atoms with E-state index < -0.39 is 0 Å². The van der Waals surface area contributed by atoms with Crippen LogP contribution >= 0.6 is 11.3 Å². The van der Waals surface area contributed by atoms with Crippen molar-refractivity contribution in [3.8, 4) is 118 Å². The van der Waals surface area contributed by atoms with E-state index in [0.717, 1.165) is 122 Å². The Kier molecular flexibility index (Phi) is 71.8. The number of phenolic OH excluding ortho intramolecular Hbond substituents is 3. The minimum atomic E-state index is 0. The van der Waals surface area contributed by atoms with Gasteiger partial charge in [0.15, 0.2) is 0 Å². The number of nitrogens with zero attached hydrogens (tertiary/aromatic N) is 7. The maximum absolute atomic E-state index is 10.4. The third-order valence-corrected chi connectivity index (χ3v) is 15.5. The van der Waals surface area contributed by atoms with Gasteiger partial charge in [0, 0.05) is 110 Å². The molecule has 0 atom stereocenters. The van der Waals surface area contributed by atoms with Crippen molar-refractivity contribution < 1.29 is 82.9 Å². The minimum absolute atomic E-state index is 0. The van der Waals surface area contributed by atoms with Crippen LogP contribution in [0.4, 0.5) is 0 Å². The van der Waals surface area contributed by atoms with Gasteiger partial charge in [0.05, 0.1) is 38.8 Å². The Morgan fingerprint density at radius 2 is 0.576 bits per heavy atom. The van der Waals surface area contributed by atoms with Crippen molar-refractivity contribution in [2.75, 3.05) is 0 Å². The monoisotopic (exact) mass is 2250 g/mol. The minimum Gasteiger partial charge on any atom is -0.507 e. The number of rotatable bonds is 10. The van der Waals surface area contributed by atoms with Crippen LogP contribution in [0.3, 0.4) is 0 Å². The van der Waals surface area contributed by atoms with Gasteiger partial charge >= 0.3 is 0 Å². The van der Waals surface area contributed by atoms with Crippen molar-refractivity contribution in [1.29, 1.82) is 0 Å². The van der Waals surface area contributed by atoms with Crippen LogP contribution in [0.1, 0.15) is 250 Å². The van der Waals surface area contributed by atoms with E-state index in [1.807, 2.05) is 182 Å². The van der Waals surface area contributed by atoms with Gasteiger partial charge < -0.3 is 24.3 Å². The summed E-state index contributed by atoms with van der Waals surface area (Å²) in [5.41, 5.74) is 17.5. The van der Waals surface area contributed by atoms with E-state index >= 15 is 0 Å². The van der Waals surface area contributed by atoms with Crippen molar-refractivity contribution >= 4 is 43.7 Å². The molecular formula is C110H146N7O4Pt3S-3. The molecule has 0 bridgehead atoms. The fourth-order valence-electron chi connectivity index (χ4n) is 10.3. The van der Waals surface area contributed by atoms with Gasteiger partial charge in [-0.1, -0.05) is 386 Å². The van der Waals surface area contributed by atoms with Crippen LogP contribution in [-0.4, -0.2) is 49.8 Å². The topological polar surface area (TPSA) is 156 Å². The molecular weight excluding hydrogens is 2100 g/mol. The normalized spacial score (nSPS) is 9.32. The number of aryl methyl sites for hydroxylation is 1. The Labute approximate surface area is 802 Å². The summed E-state index contributed by atoms with van der Waals surface area (Å²) >= 11 is 1.58. The van der Waals surface area contributed by atoms with Crippen LogP contribution in [0.15, 0.2) is 260 Å². The molecule has 15 rings (SSSR count). The number of oxazole rings is 1. The zero-order valence-electron chi connectivity index (χ0n) is 79.7. The van der Waals surface area contributed by atoms with Gasteiger partial charge in [-0.15, -0.1) is 101 Å². The second-order valence-corrected chi connectivity index (χ2v) is 29.3. The van der Waals surface area contributed by atoms with Crippen LogP contribution in [0.5, 0.6) is 17.2 Å². The molecule has 0 radical (unpaired) electrons. The molecule has 0 saturated carbocycles. The Balaban J connectivity index is -0.00000148. The number of hydrogen-bond acceptors (Lipinski definition) is 11. The third-order valence-electron chi connectivity index (χ3n) is 14.4. The quantitative estimate of drug-likeness (QED) is 0.113. The van der Waals surface area contributed by atoms with Crippen LogP contribution in [-0.2, 0) is 69.7 Å². The average Bonchev–Trinajstić information content (AvgIpc) is 1.62.